The van der Waals surface area contributed by atoms with Crippen LogP contribution in [0, 0.1) is 0 Å². The van der Waals surface area contributed by atoms with Crippen LogP contribution in [0.1, 0.15) is 36.8 Å². The summed E-state index contributed by atoms with van der Waals surface area (Å²) in [4.78, 5) is 15.9. The number of anilines is 1. The molecule has 0 spiro atoms. The lowest BCUT2D eigenvalue weighted by Gasteiger charge is -2.15. The van der Waals surface area contributed by atoms with E-state index in [1.54, 1.807) is 6.07 Å². The lowest BCUT2D eigenvalue weighted by Crippen LogP contribution is -2.11. The Kier molecular flexibility index (Phi) is 4.28. The summed E-state index contributed by atoms with van der Waals surface area (Å²) in [6.45, 7) is 6.39. The minimum absolute atomic E-state index is 0.00253. The van der Waals surface area contributed by atoms with Crippen LogP contribution in [0.25, 0.3) is 10.9 Å². The maximum absolute atomic E-state index is 12.5. The van der Waals surface area contributed by atoms with E-state index in [2.05, 4.69) is 37.1 Å². The molecule has 1 aromatic heterocycles. The molecule has 0 unspecified atom stereocenters. The minimum atomic E-state index is -0.412. The monoisotopic (exact) mass is 354 g/mol. The Morgan fingerprint density at radius 1 is 1.12 bits per heavy atom. The zero-order chi connectivity index (χ0) is 19.1. The summed E-state index contributed by atoms with van der Waals surface area (Å²) >= 11 is 0. The van der Waals surface area contributed by atoms with Crippen molar-refractivity contribution in [2.75, 3.05) is 12.4 Å². The molecule has 6 heteroatoms. The molecule has 2 aromatic carbocycles. The molecule has 0 aliphatic carbocycles. The number of benzene rings is 2. The summed E-state index contributed by atoms with van der Waals surface area (Å²) in [5, 5.41) is 23.2. The van der Waals surface area contributed by atoms with Gasteiger partial charge in [0, 0.05) is 33.3 Å². The molecule has 136 valence electrons. The van der Waals surface area contributed by atoms with Crippen molar-refractivity contribution >= 4 is 22.5 Å². The number of methoxy groups -OCH3 is 1. The molecule has 0 aliphatic heterocycles. The molecule has 0 aliphatic rings. The lowest BCUT2D eigenvalue weighted by atomic mass is 9.92. The second kappa shape index (κ2) is 6.29. The number of aromatic hydroxyl groups is 2. The highest BCUT2D eigenvalue weighted by Gasteiger charge is 2.17. The quantitative estimate of drug-likeness (QED) is 0.532. The zero-order valence-corrected chi connectivity index (χ0v) is 15.2. The molecule has 6 nitrogen and oxygen atoms in total. The summed E-state index contributed by atoms with van der Waals surface area (Å²) in [5.41, 5.74) is 2.93. The fraction of sp³-hybridized carbons (Fsp3) is 0.250. The number of hydrogen-bond acceptors (Lipinski definition) is 4. The average molecular weight is 354 g/mol. The van der Waals surface area contributed by atoms with E-state index in [0.717, 1.165) is 16.6 Å². The first-order valence-corrected chi connectivity index (χ1v) is 8.23. The number of phenolic OH excluding ortho intramolecular Hbond substituents is 2. The number of phenols is 2. The second-order valence-electron chi connectivity index (χ2n) is 7.24. The van der Waals surface area contributed by atoms with Crippen LogP contribution in [0.3, 0.4) is 0 Å². The van der Waals surface area contributed by atoms with E-state index in [4.69, 9.17) is 4.74 Å². The van der Waals surface area contributed by atoms with Gasteiger partial charge in [-0.3, -0.25) is 4.79 Å². The van der Waals surface area contributed by atoms with Gasteiger partial charge in [0.25, 0.3) is 5.91 Å². The third-order valence-electron chi connectivity index (χ3n) is 4.22. The van der Waals surface area contributed by atoms with Gasteiger partial charge in [-0.1, -0.05) is 20.8 Å². The van der Waals surface area contributed by atoms with Crippen LogP contribution in [0.4, 0.5) is 5.69 Å². The van der Waals surface area contributed by atoms with E-state index in [1.165, 1.54) is 19.2 Å². The highest BCUT2D eigenvalue weighted by Crippen LogP contribution is 2.36. The van der Waals surface area contributed by atoms with Crippen molar-refractivity contribution in [3.8, 4) is 17.2 Å². The van der Waals surface area contributed by atoms with E-state index in [9.17, 15) is 15.0 Å². The second-order valence-corrected chi connectivity index (χ2v) is 7.24. The Morgan fingerprint density at radius 3 is 2.50 bits per heavy atom. The number of aromatic nitrogens is 1. The number of carbonyl (C=O) groups excluding carboxylic acids is 1. The number of rotatable bonds is 3. The van der Waals surface area contributed by atoms with Gasteiger partial charge < -0.3 is 25.3 Å². The summed E-state index contributed by atoms with van der Waals surface area (Å²) < 4.78 is 4.96. The van der Waals surface area contributed by atoms with Crippen molar-refractivity contribution in [1.29, 1.82) is 0 Å². The molecule has 4 N–H and O–H groups in total. The smallest absolute Gasteiger partial charge is 0.255 e. The molecule has 26 heavy (non-hydrogen) atoms. The number of amides is 1. The largest absolute Gasteiger partial charge is 0.504 e. The van der Waals surface area contributed by atoms with Crippen LogP contribution in [0.5, 0.6) is 17.2 Å². The third-order valence-corrected chi connectivity index (χ3v) is 4.22. The van der Waals surface area contributed by atoms with Gasteiger partial charge in [-0.05, 0) is 36.4 Å². The summed E-state index contributed by atoms with van der Waals surface area (Å²) in [6, 6.07) is 10.2. The predicted octanol–water partition coefficient (Wildman–Crippen LogP) is 4.14. The fourth-order valence-electron chi connectivity index (χ4n) is 2.70. The van der Waals surface area contributed by atoms with Gasteiger partial charge in [-0.25, -0.2) is 0 Å². The highest BCUT2D eigenvalue weighted by atomic mass is 16.5. The number of hydrogen-bond donors (Lipinski definition) is 4. The molecule has 0 bridgehead atoms. The molecule has 1 amide bonds. The molecular formula is C20H22N2O4. The summed E-state index contributed by atoms with van der Waals surface area (Å²) in [5.74, 6) is -1.19. The van der Waals surface area contributed by atoms with Crippen molar-refractivity contribution in [3.05, 3.63) is 47.7 Å². The van der Waals surface area contributed by atoms with Crippen molar-refractivity contribution < 1.29 is 19.7 Å². The normalized spacial score (nSPS) is 11.5. The van der Waals surface area contributed by atoms with Gasteiger partial charge in [0.15, 0.2) is 11.5 Å². The van der Waals surface area contributed by atoms with Crippen LogP contribution in [-0.4, -0.2) is 28.2 Å². The van der Waals surface area contributed by atoms with Crippen molar-refractivity contribution in [2.24, 2.45) is 0 Å². The minimum Gasteiger partial charge on any atom is -0.504 e. The maximum Gasteiger partial charge on any atom is 0.255 e. The Labute approximate surface area is 151 Å². The van der Waals surface area contributed by atoms with Gasteiger partial charge in [-0.2, -0.15) is 0 Å². The van der Waals surface area contributed by atoms with Gasteiger partial charge >= 0.3 is 0 Å². The molecule has 0 atom stereocenters. The van der Waals surface area contributed by atoms with Gasteiger partial charge in [0.1, 0.15) is 0 Å². The highest BCUT2D eigenvalue weighted by molar-refractivity contribution is 6.05. The predicted molar refractivity (Wildman–Crippen MR) is 101 cm³/mol. The Bertz CT molecular complexity index is 983. The van der Waals surface area contributed by atoms with Crippen molar-refractivity contribution in [1.82, 2.24) is 4.98 Å². The Hall–Kier alpha value is -3.15. The first-order valence-electron chi connectivity index (χ1n) is 8.23. The molecule has 3 aromatic rings. The lowest BCUT2D eigenvalue weighted by molar-refractivity contribution is 0.102. The molecule has 0 radical (unpaired) electrons. The molecule has 0 saturated heterocycles. The van der Waals surface area contributed by atoms with E-state index >= 15 is 0 Å². The maximum atomic E-state index is 12.5. The molecule has 1 heterocycles. The topological polar surface area (TPSA) is 94.6 Å². The van der Waals surface area contributed by atoms with Crippen molar-refractivity contribution in [2.45, 2.75) is 26.2 Å². The fourth-order valence-corrected chi connectivity index (χ4v) is 2.70. The molecule has 0 fully saturated rings. The Morgan fingerprint density at radius 2 is 1.85 bits per heavy atom. The van der Waals surface area contributed by atoms with E-state index in [0.29, 0.717) is 5.69 Å². The van der Waals surface area contributed by atoms with Gasteiger partial charge in [-0.15, -0.1) is 0 Å². The number of nitrogens with one attached hydrogen (secondary N) is 2. The number of aromatic amines is 1. The van der Waals surface area contributed by atoms with Crippen LogP contribution in [0.2, 0.25) is 0 Å². The third kappa shape index (κ3) is 3.31. The molecule has 0 saturated carbocycles. The van der Waals surface area contributed by atoms with Crippen LogP contribution in [-0.2, 0) is 5.41 Å². The van der Waals surface area contributed by atoms with Crippen LogP contribution >= 0.6 is 0 Å². The Balaban J connectivity index is 1.89. The summed E-state index contributed by atoms with van der Waals surface area (Å²) in [7, 11) is 1.35. The average Bonchev–Trinajstić information content (AvgIpc) is 3.00. The van der Waals surface area contributed by atoms with Gasteiger partial charge in [0.05, 0.1) is 7.11 Å². The number of ether oxygens (including phenoxy) is 1. The van der Waals surface area contributed by atoms with Gasteiger partial charge in [0.2, 0.25) is 5.75 Å². The van der Waals surface area contributed by atoms with E-state index in [1.807, 2.05) is 12.1 Å². The first kappa shape index (κ1) is 17.7. The van der Waals surface area contributed by atoms with E-state index < -0.39 is 17.4 Å². The molecular weight excluding hydrogens is 332 g/mol. The number of H-pyrrole nitrogens is 1. The SMILES string of the molecule is COc1cc(C(=O)Nc2ccc3[nH]c(C(C)(C)C)cc3c2)cc(O)c1O. The van der Waals surface area contributed by atoms with Crippen LogP contribution in [0.15, 0.2) is 36.4 Å². The van der Waals surface area contributed by atoms with Crippen molar-refractivity contribution in [3.63, 3.8) is 0 Å². The van der Waals surface area contributed by atoms with Crippen LogP contribution < -0.4 is 10.1 Å². The van der Waals surface area contributed by atoms with E-state index in [-0.39, 0.29) is 16.7 Å². The number of fused-ring (bicyclic) bond motifs is 1. The summed E-state index contributed by atoms with van der Waals surface area (Å²) in [6.07, 6.45) is 0. The molecule has 3 rings (SSSR count). The number of carbonyl (C=O) groups is 1. The zero-order valence-electron chi connectivity index (χ0n) is 15.2. The standard InChI is InChI=1S/C20H22N2O4/c1-20(2,3)17-10-11-7-13(5-6-14(11)22-17)21-19(25)12-8-15(23)18(24)16(9-12)26-4/h5-10,22-24H,1-4H3,(H,21,25). The first-order chi connectivity index (χ1) is 12.2.